The van der Waals surface area contributed by atoms with Gasteiger partial charge in [0.15, 0.2) is 0 Å². The highest BCUT2D eigenvalue weighted by Crippen LogP contribution is 2.21. The Labute approximate surface area is 152 Å². The molecule has 0 radical (unpaired) electrons. The number of hydrogen-bond acceptors (Lipinski definition) is 3. The van der Waals surface area contributed by atoms with Crippen molar-refractivity contribution in [3.8, 4) is 0 Å². The summed E-state index contributed by atoms with van der Waals surface area (Å²) in [6.07, 6.45) is 3.58. The summed E-state index contributed by atoms with van der Waals surface area (Å²) in [5.74, 6) is 0.828. The average Bonchev–Trinajstić information content (AvgIpc) is 3.01. The van der Waals surface area contributed by atoms with Gasteiger partial charge in [0.25, 0.3) is 0 Å². The molecule has 2 aromatic rings. The molecule has 0 saturated carbocycles. The van der Waals surface area contributed by atoms with Crippen LogP contribution in [0.15, 0.2) is 30.3 Å². The van der Waals surface area contributed by atoms with Crippen molar-refractivity contribution in [3.05, 3.63) is 52.3 Å². The molecule has 1 aromatic heterocycles. The van der Waals surface area contributed by atoms with Gasteiger partial charge in [-0.25, -0.2) is 0 Å². The molecule has 0 fully saturated rings. The SMILES string of the molecule is CC(SCc1cc2n(n1)CCCC2)C(=O)NCc1ccc(Cl)cc1. The van der Waals surface area contributed by atoms with Crippen LogP contribution >= 0.6 is 23.4 Å². The quantitative estimate of drug-likeness (QED) is 0.848. The van der Waals surface area contributed by atoms with Gasteiger partial charge in [-0.2, -0.15) is 5.10 Å². The highest BCUT2D eigenvalue weighted by atomic mass is 35.5. The molecule has 1 aliphatic heterocycles. The van der Waals surface area contributed by atoms with Crippen LogP contribution < -0.4 is 5.32 Å². The Morgan fingerprint density at radius 1 is 1.38 bits per heavy atom. The van der Waals surface area contributed by atoms with Gasteiger partial charge in [0, 0.05) is 29.6 Å². The van der Waals surface area contributed by atoms with E-state index in [1.165, 1.54) is 18.5 Å². The number of fused-ring (bicyclic) bond motifs is 1. The monoisotopic (exact) mass is 363 g/mol. The van der Waals surface area contributed by atoms with E-state index < -0.39 is 0 Å². The summed E-state index contributed by atoms with van der Waals surface area (Å²) in [5, 5.41) is 8.21. The van der Waals surface area contributed by atoms with E-state index in [0.717, 1.165) is 30.0 Å². The Morgan fingerprint density at radius 2 is 2.17 bits per heavy atom. The molecule has 0 bridgehead atoms. The fraction of sp³-hybridized carbons (Fsp3) is 0.444. The van der Waals surface area contributed by atoms with Crippen molar-refractivity contribution in [2.75, 3.05) is 0 Å². The number of amides is 1. The molecule has 1 aromatic carbocycles. The number of halogens is 1. The summed E-state index contributed by atoms with van der Waals surface area (Å²) in [7, 11) is 0. The second-order valence-corrected chi connectivity index (χ2v) is 7.87. The lowest BCUT2D eigenvalue weighted by molar-refractivity contribution is -0.120. The highest BCUT2D eigenvalue weighted by Gasteiger charge is 2.16. The van der Waals surface area contributed by atoms with Gasteiger partial charge in [0.05, 0.1) is 10.9 Å². The summed E-state index contributed by atoms with van der Waals surface area (Å²) in [6, 6.07) is 9.71. The van der Waals surface area contributed by atoms with Gasteiger partial charge in [-0.05, 0) is 49.9 Å². The molecular weight excluding hydrogens is 342 g/mol. The van der Waals surface area contributed by atoms with E-state index in [-0.39, 0.29) is 11.2 Å². The maximum absolute atomic E-state index is 12.2. The van der Waals surface area contributed by atoms with E-state index >= 15 is 0 Å². The van der Waals surface area contributed by atoms with Gasteiger partial charge < -0.3 is 5.32 Å². The average molecular weight is 364 g/mol. The minimum atomic E-state index is -0.101. The first kappa shape index (κ1) is 17.4. The maximum Gasteiger partial charge on any atom is 0.233 e. The zero-order chi connectivity index (χ0) is 16.9. The van der Waals surface area contributed by atoms with Crippen molar-refractivity contribution >= 4 is 29.3 Å². The van der Waals surface area contributed by atoms with Crippen LogP contribution in [0.4, 0.5) is 0 Å². The molecule has 1 atom stereocenters. The molecule has 3 rings (SSSR count). The van der Waals surface area contributed by atoms with Crippen LogP contribution in [0.3, 0.4) is 0 Å². The Bertz CT molecular complexity index is 675. The Kier molecular flexibility index (Phi) is 5.85. The standard InChI is InChI=1S/C18H22ClN3OS/c1-13(18(23)20-11-14-5-7-15(19)8-6-14)24-12-16-10-17-4-2-3-9-22(17)21-16/h5-8,10,13H,2-4,9,11-12H2,1H3,(H,20,23). The normalized spacial score (nSPS) is 14.9. The fourth-order valence-corrected chi connectivity index (χ4v) is 3.69. The second-order valence-electron chi connectivity index (χ2n) is 6.10. The van der Waals surface area contributed by atoms with E-state index in [4.69, 9.17) is 11.6 Å². The van der Waals surface area contributed by atoms with Crippen molar-refractivity contribution in [1.82, 2.24) is 15.1 Å². The van der Waals surface area contributed by atoms with Crippen LogP contribution in [-0.4, -0.2) is 20.9 Å². The lowest BCUT2D eigenvalue weighted by atomic mass is 10.1. The van der Waals surface area contributed by atoms with Crippen molar-refractivity contribution in [1.29, 1.82) is 0 Å². The topological polar surface area (TPSA) is 46.9 Å². The summed E-state index contributed by atoms with van der Waals surface area (Å²) in [4.78, 5) is 12.2. The molecule has 1 amide bonds. The van der Waals surface area contributed by atoms with E-state index in [1.54, 1.807) is 11.8 Å². The van der Waals surface area contributed by atoms with E-state index in [0.29, 0.717) is 11.6 Å². The second kappa shape index (κ2) is 8.08. The predicted octanol–water partition coefficient (Wildman–Crippen LogP) is 3.81. The number of benzene rings is 1. The minimum Gasteiger partial charge on any atom is -0.351 e. The van der Waals surface area contributed by atoms with Crippen molar-refractivity contribution in [2.24, 2.45) is 0 Å². The van der Waals surface area contributed by atoms with Gasteiger partial charge in [0.1, 0.15) is 0 Å². The van der Waals surface area contributed by atoms with Crippen molar-refractivity contribution < 1.29 is 4.79 Å². The number of nitrogens with one attached hydrogen (secondary N) is 1. The summed E-state index contributed by atoms with van der Waals surface area (Å²) in [6.45, 7) is 3.49. The zero-order valence-electron chi connectivity index (χ0n) is 13.8. The molecule has 6 heteroatoms. The van der Waals surface area contributed by atoms with Gasteiger partial charge in [-0.3, -0.25) is 9.48 Å². The van der Waals surface area contributed by atoms with Gasteiger partial charge in [-0.15, -0.1) is 11.8 Å². The molecule has 128 valence electrons. The van der Waals surface area contributed by atoms with E-state index in [2.05, 4.69) is 21.2 Å². The first-order valence-electron chi connectivity index (χ1n) is 8.31. The fourth-order valence-electron chi connectivity index (χ4n) is 2.77. The lowest BCUT2D eigenvalue weighted by Gasteiger charge is -2.12. The molecule has 24 heavy (non-hydrogen) atoms. The molecule has 2 heterocycles. The maximum atomic E-state index is 12.2. The molecule has 1 N–H and O–H groups in total. The van der Waals surface area contributed by atoms with Crippen LogP contribution in [0.1, 0.15) is 36.7 Å². The number of aryl methyl sites for hydroxylation is 2. The molecule has 0 spiro atoms. The molecule has 0 saturated heterocycles. The first-order chi connectivity index (χ1) is 11.6. The Balaban J connectivity index is 1.45. The third kappa shape index (κ3) is 4.54. The number of carbonyl (C=O) groups excluding carboxylic acids is 1. The molecule has 0 aliphatic carbocycles. The van der Waals surface area contributed by atoms with Crippen LogP contribution in [0.5, 0.6) is 0 Å². The predicted molar refractivity (Wildman–Crippen MR) is 99.2 cm³/mol. The number of aromatic nitrogens is 2. The Morgan fingerprint density at radius 3 is 2.92 bits per heavy atom. The summed E-state index contributed by atoms with van der Waals surface area (Å²) in [5.41, 5.74) is 3.46. The third-order valence-corrected chi connectivity index (χ3v) is 5.63. The number of rotatable bonds is 6. The molecular formula is C18H22ClN3OS. The number of carbonyl (C=O) groups is 1. The lowest BCUT2D eigenvalue weighted by Crippen LogP contribution is -2.30. The molecule has 4 nitrogen and oxygen atoms in total. The van der Waals surface area contributed by atoms with Crippen LogP contribution in [0, 0.1) is 0 Å². The largest absolute Gasteiger partial charge is 0.351 e. The van der Waals surface area contributed by atoms with Crippen LogP contribution in [0.25, 0.3) is 0 Å². The summed E-state index contributed by atoms with van der Waals surface area (Å²) < 4.78 is 2.12. The highest BCUT2D eigenvalue weighted by molar-refractivity contribution is 7.99. The third-order valence-electron chi connectivity index (χ3n) is 4.20. The van der Waals surface area contributed by atoms with E-state index in [9.17, 15) is 4.79 Å². The van der Waals surface area contributed by atoms with Gasteiger partial charge in [0.2, 0.25) is 5.91 Å². The molecule has 1 aliphatic rings. The molecule has 1 unspecified atom stereocenters. The minimum absolute atomic E-state index is 0.0546. The van der Waals surface area contributed by atoms with Gasteiger partial charge >= 0.3 is 0 Å². The van der Waals surface area contributed by atoms with Crippen molar-refractivity contribution in [3.63, 3.8) is 0 Å². The summed E-state index contributed by atoms with van der Waals surface area (Å²) >= 11 is 7.49. The van der Waals surface area contributed by atoms with Gasteiger partial charge in [-0.1, -0.05) is 23.7 Å². The number of nitrogens with zero attached hydrogens (tertiary/aromatic N) is 2. The van der Waals surface area contributed by atoms with Crippen molar-refractivity contribution in [2.45, 2.75) is 50.3 Å². The number of thioether (sulfide) groups is 1. The number of hydrogen-bond donors (Lipinski definition) is 1. The Hall–Kier alpha value is -1.46. The van der Waals surface area contributed by atoms with E-state index in [1.807, 2.05) is 31.2 Å². The first-order valence-corrected chi connectivity index (χ1v) is 9.74. The zero-order valence-corrected chi connectivity index (χ0v) is 15.4. The van der Waals surface area contributed by atoms with Crippen LogP contribution in [0.2, 0.25) is 5.02 Å². The smallest absolute Gasteiger partial charge is 0.233 e. The van der Waals surface area contributed by atoms with Crippen LogP contribution in [-0.2, 0) is 30.1 Å².